The smallest absolute Gasteiger partial charge is 0.252 e. The largest absolute Gasteiger partial charge is 0.391 e. The van der Waals surface area contributed by atoms with E-state index in [9.17, 15) is 19.5 Å². The topological polar surface area (TPSA) is 121 Å². The van der Waals surface area contributed by atoms with Gasteiger partial charge in [0, 0.05) is 43.1 Å². The summed E-state index contributed by atoms with van der Waals surface area (Å²) in [4.78, 5) is 39.5. The summed E-state index contributed by atoms with van der Waals surface area (Å²) in [5.74, 6) is -0.931. The van der Waals surface area contributed by atoms with Gasteiger partial charge in [-0.3, -0.25) is 14.4 Å². The Hall–Kier alpha value is -2.71. The van der Waals surface area contributed by atoms with E-state index in [-0.39, 0.29) is 29.4 Å². The summed E-state index contributed by atoms with van der Waals surface area (Å²) in [6.07, 6.45) is 0.543. The molecule has 1 aromatic heterocycles. The third kappa shape index (κ3) is 4.58. The lowest BCUT2D eigenvalue weighted by molar-refractivity contribution is -0.125. The number of carbonyl (C=O) groups excluding carboxylic acids is 2. The van der Waals surface area contributed by atoms with E-state index >= 15 is 0 Å². The minimum Gasteiger partial charge on any atom is -0.391 e. The number of H-pyrrole nitrogens is 1. The summed E-state index contributed by atoms with van der Waals surface area (Å²) in [5.41, 5.74) is 0.448. The number of ether oxygens (including phenoxy) is 1. The molecule has 3 atom stereocenters. The number of aromatic nitrogens is 1. The molecule has 0 aliphatic heterocycles. The minimum atomic E-state index is -0.813. The predicted octanol–water partition coefficient (Wildman–Crippen LogP) is 0.550. The summed E-state index contributed by atoms with van der Waals surface area (Å²) in [6, 6.07) is 7.74. The predicted molar refractivity (Wildman–Crippen MR) is 104 cm³/mol. The highest BCUT2D eigenvalue weighted by Gasteiger charge is 2.37. The van der Waals surface area contributed by atoms with Gasteiger partial charge in [0.05, 0.1) is 17.7 Å². The molecular formula is C20H25N3O5. The third-order valence-corrected chi connectivity index (χ3v) is 5.04. The number of hydrogen-bond acceptors (Lipinski definition) is 5. The highest BCUT2D eigenvalue weighted by atomic mass is 16.5. The standard InChI is InChI=1S/C20H25N3O5/c1-28-8-4-7-21-19(26)12-9-16(17(24)10-12)23-20(27)14-11-18(25)22-15-6-3-2-5-13(14)15/h2-3,5-6,11-12,16-17,24H,4,7-10H2,1H3,(H,21,26)(H,22,25)(H,23,27)/t12-,16-,17-/m0/s1. The molecule has 28 heavy (non-hydrogen) atoms. The van der Waals surface area contributed by atoms with Crippen molar-refractivity contribution in [2.45, 2.75) is 31.4 Å². The number of carbonyl (C=O) groups is 2. The van der Waals surface area contributed by atoms with Gasteiger partial charge in [-0.15, -0.1) is 0 Å². The highest BCUT2D eigenvalue weighted by Crippen LogP contribution is 2.27. The van der Waals surface area contributed by atoms with Gasteiger partial charge in [-0.1, -0.05) is 18.2 Å². The van der Waals surface area contributed by atoms with E-state index in [1.807, 2.05) is 0 Å². The molecule has 1 saturated carbocycles. The van der Waals surface area contributed by atoms with E-state index in [4.69, 9.17) is 4.74 Å². The van der Waals surface area contributed by atoms with E-state index in [0.717, 1.165) is 0 Å². The summed E-state index contributed by atoms with van der Waals surface area (Å²) in [5, 5.41) is 16.5. The number of aromatic amines is 1. The molecule has 8 nitrogen and oxygen atoms in total. The summed E-state index contributed by atoms with van der Waals surface area (Å²) < 4.78 is 4.94. The number of hydrogen-bond donors (Lipinski definition) is 4. The molecule has 150 valence electrons. The van der Waals surface area contributed by atoms with Crippen LogP contribution in [0.5, 0.6) is 0 Å². The van der Waals surface area contributed by atoms with Crippen molar-refractivity contribution < 1.29 is 19.4 Å². The Balaban J connectivity index is 1.65. The van der Waals surface area contributed by atoms with Crippen molar-refractivity contribution in [3.63, 3.8) is 0 Å². The van der Waals surface area contributed by atoms with E-state index in [1.54, 1.807) is 31.4 Å². The summed E-state index contributed by atoms with van der Waals surface area (Å²) in [6.45, 7) is 1.07. The Morgan fingerprint density at radius 2 is 2.07 bits per heavy atom. The monoisotopic (exact) mass is 387 g/mol. The van der Waals surface area contributed by atoms with Gasteiger partial charge in [-0.05, 0) is 25.3 Å². The second-order valence-electron chi connectivity index (χ2n) is 7.05. The van der Waals surface area contributed by atoms with Crippen molar-refractivity contribution >= 4 is 22.7 Å². The van der Waals surface area contributed by atoms with E-state index in [0.29, 0.717) is 36.9 Å². The average Bonchev–Trinajstić information content (AvgIpc) is 3.04. The minimum absolute atomic E-state index is 0.131. The first-order valence-electron chi connectivity index (χ1n) is 9.37. The fraction of sp³-hybridized carbons (Fsp3) is 0.450. The lowest BCUT2D eigenvalue weighted by atomic mass is 10.1. The lowest BCUT2D eigenvalue weighted by Crippen LogP contribution is -2.40. The molecule has 1 aliphatic carbocycles. The molecule has 0 saturated heterocycles. The van der Waals surface area contributed by atoms with Crippen LogP contribution in [0.25, 0.3) is 10.9 Å². The van der Waals surface area contributed by atoms with Crippen LogP contribution >= 0.6 is 0 Å². The molecule has 0 radical (unpaired) electrons. The van der Waals surface area contributed by atoms with Crippen molar-refractivity contribution in [3.8, 4) is 0 Å². The molecule has 2 aromatic rings. The summed E-state index contributed by atoms with van der Waals surface area (Å²) in [7, 11) is 1.60. The van der Waals surface area contributed by atoms with Gasteiger partial charge >= 0.3 is 0 Å². The van der Waals surface area contributed by atoms with Crippen LogP contribution in [0.4, 0.5) is 0 Å². The van der Waals surface area contributed by atoms with Gasteiger partial charge < -0.3 is 25.5 Å². The van der Waals surface area contributed by atoms with Crippen LogP contribution in [-0.4, -0.2) is 54.3 Å². The van der Waals surface area contributed by atoms with E-state index in [2.05, 4.69) is 15.6 Å². The highest BCUT2D eigenvalue weighted by molar-refractivity contribution is 6.06. The fourth-order valence-electron chi connectivity index (χ4n) is 3.60. The maximum atomic E-state index is 12.7. The van der Waals surface area contributed by atoms with Crippen LogP contribution < -0.4 is 16.2 Å². The van der Waals surface area contributed by atoms with Crippen LogP contribution in [0.1, 0.15) is 29.6 Å². The molecule has 0 spiro atoms. The van der Waals surface area contributed by atoms with Gasteiger partial charge in [-0.25, -0.2) is 0 Å². The lowest BCUT2D eigenvalue weighted by Gasteiger charge is -2.17. The van der Waals surface area contributed by atoms with Gasteiger partial charge in [0.1, 0.15) is 0 Å². The van der Waals surface area contributed by atoms with Gasteiger partial charge in [-0.2, -0.15) is 0 Å². The molecule has 0 unspecified atom stereocenters. The van der Waals surface area contributed by atoms with Crippen LogP contribution in [-0.2, 0) is 9.53 Å². The van der Waals surface area contributed by atoms with Crippen molar-refractivity contribution in [1.82, 2.24) is 15.6 Å². The zero-order chi connectivity index (χ0) is 20.1. The van der Waals surface area contributed by atoms with E-state index < -0.39 is 18.1 Å². The second kappa shape index (κ2) is 8.99. The number of nitrogens with one attached hydrogen (secondary N) is 3. The number of amides is 2. The van der Waals surface area contributed by atoms with Gasteiger partial charge in [0.25, 0.3) is 5.91 Å². The van der Waals surface area contributed by atoms with Crippen molar-refractivity contribution in [1.29, 1.82) is 0 Å². The normalized spacial score (nSPS) is 21.6. The third-order valence-electron chi connectivity index (χ3n) is 5.04. The zero-order valence-corrected chi connectivity index (χ0v) is 15.7. The first-order valence-corrected chi connectivity index (χ1v) is 9.37. The Morgan fingerprint density at radius 1 is 1.29 bits per heavy atom. The molecule has 8 heteroatoms. The Morgan fingerprint density at radius 3 is 2.86 bits per heavy atom. The maximum absolute atomic E-state index is 12.7. The molecule has 2 amide bonds. The molecule has 4 N–H and O–H groups in total. The molecule has 1 fully saturated rings. The zero-order valence-electron chi connectivity index (χ0n) is 15.7. The molecule has 1 heterocycles. The Bertz CT molecular complexity index is 910. The van der Waals surface area contributed by atoms with Crippen molar-refractivity contribution in [2.75, 3.05) is 20.3 Å². The number of pyridine rings is 1. The average molecular weight is 387 g/mol. The Labute approximate surface area is 162 Å². The number of benzene rings is 1. The summed E-state index contributed by atoms with van der Waals surface area (Å²) >= 11 is 0. The SMILES string of the molecule is COCCCNC(=O)[C@H]1C[C@H](NC(=O)c2cc(=O)[nH]c3ccccc23)[C@@H](O)C1. The molecule has 1 aromatic carbocycles. The maximum Gasteiger partial charge on any atom is 0.252 e. The van der Waals surface area contributed by atoms with Crippen LogP contribution in [0.2, 0.25) is 0 Å². The molecule has 1 aliphatic rings. The van der Waals surface area contributed by atoms with Crippen molar-refractivity contribution in [2.24, 2.45) is 5.92 Å². The quantitative estimate of drug-likeness (QED) is 0.517. The van der Waals surface area contributed by atoms with Gasteiger partial charge in [0.15, 0.2) is 0 Å². The van der Waals surface area contributed by atoms with Crippen LogP contribution in [0.15, 0.2) is 35.1 Å². The fourth-order valence-corrected chi connectivity index (χ4v) is 3.60. The van der Waals surface area contributed by atoms with Crippen LogP contribution in [0.3, 0.4) is 0 Å². The van der Waals surface area contributed by atoms with E-state index in [1.165, 1.54) is 6.07 Å². The number of fused-ring (bicyclic) bond motifs is 1. The number of aliphatic hydroxyl groups is 1. The number of aliphatic hydroxyl groups excluding tert-OH is 1. The molecular weight excluding hydrogens is 362 g/mol. The number of methoxy groups -OCH3 is 1. The molecule has 0 bridgehead atoms. The Kier molecular flexibility index (Phi) is 6.43. The van der Waals surface area contributed by atoms with Crippen molar-refractivity contribution in [3.05, 3.63) is 46.2 Å². The second-order valence-corrected chi connectivity index (χ2v) is 7.05. The molecule has 3 rings (SSSR count). The number of rotatable bonds is 7. The van der Waals surface area contributed by atoms with Crippen LogP contribution in [0, 0.1) is 5.92 Å². The first-order chi connectivity index (χ1) is 13.5. The first kappa shape index (κ1) is 20.0. The van der Waals surface area contributed by atoms with Gasteiger partial charge in [0.2, 0.25) is 11.5 Å². The number of para-hydroxylation sites is 1.